The van der Waals surface area contributed by atoms with Crippen molar-refractivity contribution in [3.63, 3.8) is 0 Å². The molecule has 1 aromatic rings. The summed E-state index contributed by atoms with van der Waals surface area (Å²) in [6, 6.07) is 0. The molecule has 0 aliphatic rings. The van der Waals surface area contributed by atoms with Crippen LogP contribution in [0.15, 0.2) is 9.32 Å². The van der Waals surface area contributed by atoms with Gasteiger partial charge in [-0.1, -0.05) is 19.0 Å². The molecule has 56 valence electrons. The minimum absolute atomic E-state index is 0.461. The van der Waals surface area contributed by atoms with Gasteiger partial charge in [0.05, 0.1) is 0 Å². The van der Waals surface area contributed by atoms with Crippen LogP contribution in [0.1, 0.15) is 19.7 Å². The fourth-order valence-electron chi connectivity index (χ4n) is 0.681. The highest BCUT2D eigenvalue weighted by Gasteiger charge is 2.04. The second-order valence-electron chi connectivity index (χ2n) is 2.56. The Hall–Kier alpha value is -0.380. The molecule has 10 heavy (non-hydrogen) atoms. The van der Waals surface area contributed by atoms with Crippen LogP contribution >= 0.6 is 15.9 Å². The molecule has 0 spiro atoms. The van der Waals surface area contributed by atoms with Gasteiger partial charge in [-0.2, -0.15) is 4.98 Å². The molecule has 0 saturated carbocycles. The van der Waals surface area contributed by atoms with E-state index in [4.69, 9.17) is 4.52 Å². The molecule has 0 saturated heterocycles. The SMILES string of the molecule is CC(C)Cc1noc(Br)n1. The average molecular weight is 205 g/mol. The number of hydrogen-bond donors (Lipinski definition) is 0. The molecule has 0 radical (unpaired) electrons. The van der Waals surface area contributed by atoms with Crippen LogP contribution in [0, 0.1) is 5.92 Å². The minimum atomic E-state index is 0.461. The third kappa shape index (κ3) is 2.10. The van der Waals surface area contributed by atoms with Crippen LogP contribution in [0.5, 0.6) is 0 Å². The van der Waals surface area contributed by atoms with E-state index in [9.17, 15) is 0 Å². The predicted molar refractivity (Wildman–Crippen MR) is 40.5 cm³/mol. The number of nitrogens with zero attached hydrogens (tertiary/aromatic N) is 2. The number of halogens is 1. The standard InChI is InChI=1S/C6H9BrN2O/c1-4(2)3-5-8-6(7)10-9-5/h4H,3H2,1-2H3. The Morgan fingerprint density at radius 3 is 2.70 bits per heavy atom. The first-order valence-corrected chi connectivity index (χ1v) is 3.96. The fraction of sp³-hybridized carbons (Fsp3) is 0.667. The first-order valence-electron chi connectivity index (χ1n) is 3.16. The Kier molecular flexibility index (Phi) is 2.43. The largest absolute Gasteiger partial charge is 0.327 e. The molecule has 0 amide bonds. The van der Waals surface area contributed by atoms with Crippen molar-refractivity contribution < 1.29 is 4.52 Å². The third-order valence-electron chi connectivity index (χ3n) is 1.03. The molecule has 1 rings (SSSR count). The van der Waals surface area contributed by atoms with Crippen LogP contribution < -0.4 is 0 Å². The summed E-state index contributed by atoms with van der Waals surface area (Å²) in [4.78, 5) is 4.45. The van der Waals surface area contributed by atoms with E-state index in [2.05, 4.69) is 39.9 Å². The van der Waals surface area contributed by atoms with Crippen molar-refractivity contribution in [2.24, 2.45) is 5.92 Å². The summed E-state index contributed by atoms with van der Waals surface area (Å²) in [5.41, 5.74) is 0. The van der Waals surface area contributed by atoms with Gasteiger partial charge in [-0.25, -0.2) is 0 Å². The van der Waals surface area contributed by atoms with Gasteiger partial charge in [0.1, 0.15) is 0 Å². The van der Waals surface area contributed by atoms with Crippen LogP contribution in [0.3, 0.4) is 0 Å². The lowest BCUT2D eigenvalue weighted by Crippen LogP contribution is -1.95. The highest BCUT2D eigenvalue weighted by Crippen LogP contribution is 2.08. The van der Waals surface area contributed by atoms with Crippen molar-refractivity contribution in [1.82, 2.24) is 10.1 Å². The van der Waals surface area contributed by atoms with Gasteiger partial charge in [-0.3, -0.25) is 0 Å². The Balaban J connectivity index is 2.58. The lowest BCUT2D eigenvalue weighted by molar-refractivity contribution is 0.387. The zero-order chi connectivity index (χ0) is 7.56. The topological polar surface area (TPSA) is 38.9 Å². The minimum Gasteiger partial charge on any atom is -0.327 e. The highest BCUT2D eigenvalue weighted by molar-refractivity contribution is 9.10. The maximum absolute atomic E-state index is 4.72. The van der Waals surface area contributed by atoms with Gasteiger partial charge in [-0.05, 0) is 5.92 Å². The fourth-order valence-corrected chi connectivity index (χ4v) is 0.958. The highest BCUT2D eigenvalue weighted by atomic mass is 79.9. The van der Waals surface area contributed by atoms with Gasteiger partial charge in [0, 0.05) is 22.4 Å². The molecule has 0 aromatic carbocycles. The summed E-state index contributed by atoms with van der Waals surface area (Å²) in [5, 5.41) is 3.72. The van der Waals surface area contributed by atoms with Crippen LogP contribution in [-0.2, 0) is 6.42 Å². The molecule has 0 fully saturated rings. The normalized spacial score (nSPS) is 10.8. The van der Waals surface area contributed by atoms with Crippen molar-refractivity contribution >= 4 is 15.9 Å². The lowest BCUT2D eigenvalue weighted by Gasteiger charge is -1.95. The van der Waals surface area contributed by atoms with Crippen LogP contribution in [0.4, 0.5) is 0 Å². The van der Waals surface area contributed by atoms with Crippen molar-refractivity contribution in [2.45, 2.75) is 20.3 Å². The van der Waals surface area contributed by atoms with Crippen LogP contribution in [0.25, 0.3) is 0 Å². The average Bonchev–Trinajstić information content (AvgIpc) is 2.13. The predicted octanol–water partition coefficient (Wildman–Crippen LogP) is 2.03. The Morgan fingerprint density at radius 2 is 2.30 bits per heavy atom. The molecular weight excluding hydrogens is 196 g/mol. The van der Waals surface area contributed by atoms with E-state index in [0.29, 0.717) is 10.7 Å². The van der Waals surface area contributed by atoms with Crippen LogP contribution in [-0.4, -0.2) is 10.1 Å². The van der Waals surface area contributed by atoms with E-state index in [0.717, 1.165) is 12.2 Å². The van der Waals surface area contributed by atoms with Gasteiger partial charge < -0.3 is 4.52 Å². The van der Waals surface area contributed by atoms with Crippen molar-refractivity contribution in [3.05, 3.63) is 10.6 Å². The van der Waals surface area contributed by atoms with E-state index >= 15 is 0 Å². The summed E-state index contributed by atoms with van der Waals surface area (Å²) in [6.45, 7) is 4.23. The number of rotatable bonds is 2. The van der Waals surface area contributed by atoms with Gasteiger partial charge in [0.2, 0.25) is 0 Å². The smallest absolute Gasteiger partial charge is 0.293 e. The van der Waals surface area contributed by atoms with E-state index in [1.54, 1.807) is 0 Å². The van der Waals surface area contributed by atoms with Gasteiger partial charge in [-0.15, -0.1) is 0 Å². The molecule has 0 unspecified atom stereocenters. The van der Waals surface area contributed by atoms with Crippen LogP contribution in [0.2, 0.25) is 0 Å². The van der Waals surface area contributed by atoms with E-state index in [1.807, 2.05) is 0 Å². The molecule has 0 aliphatic carbocycles. The van der Waals surface area contributed by atoms with Gasteiger partial charge in [0.15, 0.2) is 5.82 Å². The first kappa shape index (κ1) is 7.72. The maximum Gasteiger partial charge on any atom is 0.293 e. The Labute approximate surface area is 67.9 Å². The van der Waals surface area contributed by atoms with E-state index in [-0.39, 0.29) is 0 Å². The van der Waals surface area contributed by atoms with E-state index < -0.39 is 0 Å². The van der Waals surface area contributed by atoms with Crippen molar-refractivity contribution in [1.29, 1.82) is 0 Å². The summed E-state index contributed by atoms with van der Waals surface area (Å²) >= 11 is 3.08. The summed E-state index contributed by atoms with van der Waals surface area (Å²) < 4.78 is 4.72. The second-order valence-corrected chi connectivity index (χ2v) is 3.24. The van der Waals surface area contributed by atoms with E-state index in [1.165, 1.54) is 0 Å². The molecule has 4 heteroatoms. The molecular formula is C6H9BrN2O. The third-order valence-corrected chi connectivity index (χ3v) is 1.36. The second kappa shape index (κ2) is 3.14. The molecule has 0 N–H and O–H groups in total. The molecule has 0 atom stereocenters. The monoisotopic (exact) mass is 204 g/mol. The Morgan fingerprint density at radius 1 is 1.60 bits per heavy atom. The lowest BCUT2D eigenvalue weighted by atomic mass is 10.1. The quantitative estimate of drug-likeness (QED) is 0.741. The summed E-state index contributed by atoms with van der Waals surface area (Å²) in [7, 11) is 0. The zero-order valence-corrected chi connectivity index (χ0v) is 7.55. The first-order chi connectivity index (χ1) is 4.68. The Bertz CT molecular complexity index is 209. The van der Waals surface area contributed by atoms with Gasteiger partial charge in [0.25, 0.3) is 4.80 Å². The van der Waals surface area contributed by atoms with Crippen molar-refractivity contribution in [2.75, 3.05) is 0 Å². The molecule has 1 aromatic heterocycles. The molecule has 0 bridgehead atoms. The van der Waals surface area contributed by atoms with Crippen molar-refractivity contribution in [3.8, 4) is 0 Å². The summed E-state index contributed by atoms with van der Waals surface area (Å²) in [5.74, 6) is 1.34. The maximum atomic E-state index is 4.72. The molecule has 1 heterocycles. The molecule has 0 aliphatic heterocycles. The number of hydrogen-bond acceptors (Lipinski definition) is 3. The molecule has 3 nitrogen and oxygen atoms in total. The zero-order valence-electron chi connectivity index (χ0n) is 5.97. The van der Waals surface area contributed by atoms with Gasteiger partial charge >= 0.3 is 0 Å². The summed E-state index contributed by atoms with van der Waals surface area (Å²) in [6.07, 6.45) is 0.870. The number of aromatic nitrogens is 2.